The summed E-state index contributed by atoms with van der Waals surface area (Å²) in [6, 6.07) is 2.08. The van der Waals surface area contributed by atoms with E-state index in [9.17, 15) is 4.79 Å². The molecule has 0 spiro atoms. The molecule has 4 heterocycles. The van der Waals surface area contributed by atoms with E-state index in [-0.39, 0.29) is 5.56 Å². The summed E-state index contributed by atoms with van der Waals surface area (Å²) >= 11 is 0. The van der Waals surface area contributed by atoms with Crippen LogP contribution in [-0.2, 0) is 24.8 Å². The number of rotatable bonds is 1. The molecular formula is C15H19N3O2. The number of pyridine rings is 1. The summed E-state index contributed by atoms with van der Waals surface area (Å²) in [4.78, 5) is 15.0. The molecule has 0 aliphatic carbocycles. The molecule has 0 bridgehead atoms. The normalized spacial score (nSPS) is 18.8. The molecule has 106 valence electrons. The average molecular weight is 273 g/mol. The van der Waals surface area contributed by atoms with Crippen LogP contribution in [0.1, 0.15) is 12.1 Å². The summed E-state index contributed by atoms with van der Waals surface area (Å²) in [5.74, 6) is 0. The molecule has 2 aromatic heterocycles. The predicted octanol–water partition coefficient (Wildman–Crippen LogP) is 1.12. The second-order valence-electron chi connectivity index (χ2n) is 5.64. The maximum absolute atomic E-state index is 12.6. The van der Waals surface area contributed by atoms with Gasteiger partial charge in [-0.3, -0.25) is 4.79 Å². The smallest absolute Gasteiger partial charge is 0.275 e. The number of fused-ring (bicyclic) bond motifs is 2. The van der Waals surface area contributed by atoms with E-state index in [0.717, 1.165) is 56.6 Å². The molecule has 20 heavy (non-hydrogen) atoms. The van der Waals surface area contributed by atoms with Gasteiger partial charge in [0, 0.05) is 44.0 Å². The Morgan fingerprint density at radius 1 is 1.20 bits per heavy atom. The van der Waals surface area contributed by atoms with Crippen molar-refractivity contribution < 1.29 is 4.74 Å². The van der Waals surface area contributed by atoms with E-state index in [2.05, 4.69) is 11.0 Å². The molecule has 0 N–H and O–H groups in total. The maximum atomic E-state index is 12.6. The lowest BCUT2D eigenvalue weighted by molar-refractivity contribution is 0.122. The lowest BCUT2D eigenvalue weighted by Crippen LogP contribution is -2.38. The van der Waals surface area contributed by atoms with Crippen LogP contribution < -0.4 is 10.5 Å². The Morgan fingerprint density at radius 3 is 2.80 bits per heavy atom. The van der Waals surface area contributed by atoms with Gasteiger partial charge in [-0.1, -0.05) is 0 Å². The van der Waals surface area contributed by atoms with Crippen molar-refractivity contribution in [3.63, 3.8) is 0 Å². The number of anilines is 1. The zero-order valence-electron chi connectivity index (χ0n) is 11.8. The molecule has 5 nitrogen and oxygen atoms in total. The first-order valence-corrected chi connectivity index (χ1v) is 7.31. The standard InChI is InChI=1S/C15H19N3O2/c1-16-6-4-11-13(17-7-9-20-10-8-17)12-3-2-5-18(12)15(19)14(11)16/h4,6H,2-3,5,7-10H2,1H3. The van der Waals surface area contributed by atoms with Crippen molar-refractivity contribution in [1.82, 2.24) is 9.13 Å². The van der Waals surface area contributed by atoms with E-state index in [4.69, 9.17) is 4.74 Å². The Hall–Kier alpha value is -1.75. The first-order valence-electron chi connectivity index (χ1n) is 7.31. The first-order chi connectivity index (χ1) is 9.77. The molecule has 2 aliphatic heterocycles. The van der Waals surface area contributed by atoms with Gasteiger partial charge in [0.2, 0.25) is 0 Å². The predicted molar refractivity (Wildman–Crippen MR) is 78.5 cm³/mol. The van der Waals surface area contributed by atoms with Crippen molar-refractivity contribution in [2.24, 2.45) is 7.05 Å². The van der Waals surface area contributed by atoms with E-state index in [0.29, 0.717) is 0 Å². The minimum Gasteiger partial charge on any atom is -0.378 e. The lowest BCUT2D eigenvalue weighted by Gasteiger charge is -2.31. The number of aromatic nitrogens is 2. The Balaban J connectivity index is 2.03. The molecule has 0 aromatic carbocycles. The van der Waals surface area contributed by atoms with Crippen LogP contribution in [-0.4, -0.2) is 35.4 Å². The Kier molecular flexibility index (Phi) is 2.63. The number of ether oxygens (including phenoxy) is 1. The minimum absolute atomic E-state index is 0.164. The molecule has 4 rings (SSSR count). The SMILES string of the molecule is Cn1ccc2c(N3CCOCC3)c3n(c(=O)c21)CCC3. The summed E-state index contributed by atoms with van der Waals surface area (Å²) in [5.41, 5.74) is 3.48. The van der Waals surface area contributed by atoms with Crippen LogP contribution in [0, 0.1) is 0 Å². The van der Waals surface area contributed by atoms with Gasteiger partial charge in [0.05, 0.1) is 18.9 Å². The minimum atomic E-state index is 0.164. The van der Waals surface area contributed by atoms with Gasteiger partial charge in [0.1, 0.15) is 5.52 Å². The third-order valence-electron chi connectivity index (χ3n) is 4.50. The number of nitrogens with zero attached hydrogens (tertiary/aromatic N) is 3. The largest absolute Gasteiger partial charge is 0.378 e. The van der Waals surface area contributed by atoms with Crippen molar-refractivity contribution in [2.45, 2.75) is 19.4 Å². The van der Waals surface area contributed by atoms with Crippen LogP contribution >= 0.6 is 0 Å². The highest BCUT2D eigenvalue weighted by atomic mass is 16.5. The van der Waals surface area contributed by atoms with Crippen molar-refractivity contribution in [3.8, 4) is 0 Å². The lowest BCUT2D eigenvalue weighted by atomic mass is 10.1. The number of hydrogen-bond donors (Lipinski definition) is 0. The highest BCUT2D eigenvalue weighted by Gasteiger charge is 2.26. The van der Waals surface area contributed by atoms with E-state index in [1.54, 1.807) is 0 Å². The van der Waals surface area contributed by atoms with Crippen LogP contribution in [0.15, 0.2) is 17.1 Å². The summed E-state index contributed by atoms with van der Waals surface area (Å²) in [6.07, 6.45) is 4.07. The van der Waals surface area contributed by atoms with Gasteiger partial charge in [-0.05, 0) is 18.9 Å². The fourth-order valence-corrected chi connectivity index (χ4v) is 3.55. The Bertz CT molecular complexity index is 723. The Morgan fingerprint density at radius 2 is 2.00 bits per heavy atom. The first kappa shape index (κ1) is 12.0. The molecule has 0 saturated carbocycles. The van der Waals surface area contributed by atoms with Crippen molar-refractivity contribution >= 4 is 16.6 Å². The molecule has 1 fully saturated rings. The fourth-order valence-electron chi connectivity index (χ4n) is 3.55. The van der Waals surface area contributed by atoms with E-state index in [1.165, 1.54) is 11.4 Å². The molecule has 0 amide bonds. The second kappa shape index (κ2) is 4.38. The Labute approximate surface area is 117 Å². The zero-order chi connectivity index (χ0) is 13.7. The second-order valence-corrected chi connectivity index (χ2v) is 5.64. The topological polar surface area (TPSA) is 39.4 Å². The van der Waals surface area contributed by atoms with Crippen molar-refractivity contribution in [3.05, 3.63) is 28.3 Å². The number of hydrogen-bond acceptors (Lipinski definition) is 3. The summed E-state index contributed by atoms with van der Waals surface area (Å²) in [6.45, 7) is 4.22. The zero-order valence-corrected chi connectivity index (χ0v) is 11.8. The van der Waals surface area contributed by atoms with Crippen LogP contribution in [0.25, 0.3) is 10.9 Å². The third kappa shape index (κ3) is 1.56. The van der Waals surface area contributed by atoms with Gasteiger partial charge in [-0.15, -0.1) is 0 Å². The maximum Gasteiger partial charge on any atom is 0.275 e. The molecule has 2 aliphatic rings. The summed E-state index contributed by atoms with van der Waals surface area (Å²) in [7, 11) is 1.95. The number of aryl methyl sites for hydroxylation is 1. The van der Waals surface area contributed by atoms with Crippen LogP contribution in [0.5, 0.6) is 0 Å². The van der Waals surface area contributed by atoms with Crippen molar-refractivity contribution in [1.29, 1.82) is 0 Å². The van der Waals surface area contributed by atoms with Gasteiger partial charge in [-0.2, -0.15) is 0 Å². The average Bonchev–Trinajstić information content (AvgIpc) is 3.08. The van der Waals surface area contributed by atoms with Gasteiger partial charge < -0.3 is 18.8 Å². The summed E-state index contributed by atoms with van der Waals surface area (Å²) in [5, 5.41) is 1.10. The molecule has 0 radical (unpaired) electrons. The van der Waals surface area contributed by atoms with E-state index >= 15 is 0 Å². The molecule has 5 heteroatoms. The molecule has 2 aromatic rings. The van der Waals surface area contributed by atoms with E-state index < -0.39 is 0 Å². The molecule has 0 atom stereocenters. The number of morpholine rings is 1. The highest BCUT2D eigenvalue weighted by Crippen LogP contribution is 2.33. The van der Waals surface area contributed by atoms with Crippen molar-refractivity contribution in [2.75, 3.05) is 31.2 Å². The quantitative estimate of drug-likeness (QED) is 0.782. The highest BCUT2D eigenvalue weighted by molar-refractivity contribution is 5.94. The van der Waals surface area contributed by atoms with Crippen LogP contribution in [0.4, 0.5) is 5.69 Å². The third-order valence-corrected chi connectivity index (χ3v) is 4.50. The van der Waals surface area contributed by atoms with Crippen LogP contribution in [0.3, 0.4) is 0 Å². The molecule has 0 unspecified atom stereocenters. The van der Waals surface area contributed by atoms with Gasteiger partial charge in [-0.25, -0.2) is 0 Å². The van der Waals surface area contributed by atoms with Gasteiger partial charge in [0.25, 0.3) is 5.56 Å². The van der Waals surface area contributed by atoms with Gasteiger partial charge >= 0.3 is 0 Å². The molecule has 1 saturated heterocycles. The fraction of sp³-hybridized carbons (Fsp3) is 0.533. The van der Waals surface area contributed by atoms with E-state index in [1.807, 2.05) is 22.4 Å². The monoisotopic (exact) mass is 273 g/mol. The summed E-state index contributed by atoms with van der Waals surface area (Å²) < 4.78 is 9.40. The van der Waals surface area contributed by atoms with Crippen LogP contribution in [0.2, 0.25) is 0 Å². The molecular weight excluding hydrogens is 254 g/mol. The van der Waals surface area contributed by atoms with Gasteiger partial charge in [0.15, 0.2) is 0 Å².